The molecule has 0 radical (unpaired) electrons. The molecule has 0 N–H and O–H groups in total. The number of rotatable bonds is 10. The molecule has 12 heteroatoms. The molecular weight excluding hydrogens is 566 g/mol. The van der Waals surface area contributed by atoms with Crippen LogP contribution < -0.4 is 14.9 Å². The number of hydrogen-bond donors (Lipinski definition) is 0. The van der Waals surface area contributed by atoms with Gasteiger partial charge in [0.2, 0.25) is 12.7 Å². The Kier molecular flexibility index (Phi) is 8.21. The maximum atomic E-state index is 13.8. The van der Waals surface area contributed by atoms with Gasteiger partial charge < -0.3 is 23.7 Å². The number of nitro groups is 1. The molecule has 1 aliphatic rings. The van der Waals surface area contributed by atoms with Crippen LogP contribution in [0.3, 0.4) is 0 Å². The zero-order chi connectivity index (χ0) is 29.8. The van der Waals surface area contributed by atoms with E-state index in [4.69, 9.17) is 25.5 Å². The smallest absolute Gasteiger partial charge is 0.270 e. The van der Waals surface area contributed by atoms with Gasteiger partial charge in [-0.3, -0.25) is 24.5 Å². The van der Waals surface area contributed by atoms with Gasteiger partial charge in [0.05, 0.1) is 28.7 Å². The van der Waals surface area contributed by atoms with Gasteiger partial charge in [-0.15, -0.1) is 6.58 Å². The number of amides is 2. The van der Waals surface area contributed by atoms with Crippen LogP contribution in [-0.2, 0) is 17.9 Å². The van der Waals surface area contributed by atoms with Crippen LogP contribution in [0.25, 0.3) is 11.0 Å². The van der Waals surface area contributed by atoms with E-state index in [-0.39, 0.29) is 60.6 Å². The first kappa shape index (κ1) is 28.4. The molecule has 0 aliphatic carbocycles. The van der Waals surface area contributed by atoms with Gasteiger partial charge in [0, 0.05) is 35.8 Å². The van der Waals surface area contributed by atoms with Crippen LogP contribution >= 0.6 is 11.6 Å². The Balaban J connectivity index is 1.46. The van der Waals surface area contributed by atoms with E-state index in [0.717, 1.165) is 6.07 Å². The summed E-state index contributed by atoms with van der Waals surface area (Å²) in [6.07, 6.45) is 2.75. The summed E-state index contributed by atoms with van der Waals surface area (Å²) >= 11 is 6.10. The fourth-order valence-electron chi connectivity index (χ4n) is 4.52. The van der Waals surface area contributed by atoms with Crippen LogP contribution in [0, 0.1) is 10.1 Å². The molecule has 11 nitrogen and oxygen atoms in total. The molecule has 2 amide bonds. The van der Waals surface area contributed by atoms with Gasteiger partial charge in [-0.05, 0) is 42.0 Å². The lowest BCUT2D eigenvalue weighted by Gasteiger charge is -2.27. The third-order valence-electron chi connectivity index (χ3n) is 6.60. The number of non-ortho nitro benzene ring substituents is 1. The maximum absolute atomic E-state index is 13.8. The molecule has 42 heavy (non-hydrogen) atoms. The Hall–Kier alpha value is -5.16. The monoisotopic (exact) mass is 589 g/mol. The highest BCUT2D eigenvalue weighted by Crippen LogP contribution is 2.33. The molecule has 214 valence electrons. The molecule has 3 aromatic carbocycles. The highest BCUT2D eigenvalue weighted by molar-refractivity contribution is 6.31. The lowest BCUT2D eigenvalue weighted by molar-refractivity contribution is -0.384. The first-order chi connectivity index (χ1) is 20.2. The molecular formula is C30H24ClN3O8. The molecule has 0 unspecified atom stereocenters. The molecule has 1 aromatic heterocycles. The van der Waals surface area contributed by atoms with Crippen LogP contribution in [0.2, 0.25) is 5.02 Å². The first-order valence-electron chi connectivity index (χ1n) is 12.7. The Morgan fingerprint density at radius 3 is 2.62 bits per heavy atom. The fraction of sp³-hybridized carbons (Fsp3) is 0.167. The lowest BCUT2D eigenvalue weighted by atomic mass is 10.1. The van der Waals surface area contributed by atoms with Crippen molar-refractivity contribution in [3.05, 3.63) is 122 Å². The van der Waals surface area contributed by atoms with Crippen LogP contribution in [0.15, 0.2) is 88.8 Å². The van der Waals surface area contributed by atoms with Crippen molar-refractivity contribution in [1.82, 2.24) is 9.80 Å². The van der Waals surface area contributed by atoms with Crippen LogP contribution in [0.1, 0.15) is 21.5 Å². The zero-order valence-corrected chi connectivity index (χ0v) is 22.9. The number of fused-ring (bicyclic) bond motifs is 2. The Morgan fingerprint density at radius 2 is 1.83 bits per heavy atom. The van der Waals surface area contributed by atoms with Crippen molar-refractivity contribution in [3.8, 4) is 11.5 Å². The molecule has 0 fully saturated rings. The summed E-state index contributed by atoms with van der Waals surface area (Å²) in [4.78, 5) is 53.7. The topological polar surface area (TPSA) is 132 Å². The third-order valence-corrected chi connectivity index (χ3v) is 6.83. The number of hydrogen-bond acceptors (Lipinski definition) is 8. The van der Waals surface area contributed by atoms with Crippen LogP contribution in [-0.4, -0.2) is 46.4 Å². The third kappa shape index (κ3) is 6.11. The first-order valence-corrected chi connectivity index (χ1v) is 13.1. The quantitative estimate of drug-likeness (QED) is 0.144. The molecule has 0 spiro atoms. The number of nitrogens with zero attached hydrogens (tertiary/aromatic N) is 3. The fourth-order valence-corrected chi connectivity index (χ4v) is 4.70. The van der Waals surface area contributed by atoms with E-state index < -0.39 is 16.7 Å². The summed E-state index contributed by atoms with van der Waals surface area (Å²) in [5, 5.41) is 11.9. The predicted octanol–water partition coefficient (Wildman–Crippen LogP) is 4.94. The minimum Gasteiger partial charge on any atom is -0.464 e. The molecule has 2 heterocycles. The van der Waals surface area contributed by atoms with Crippen molar-refractivity contribution in [2.45, 2.75) is 13.1 Å². The maximum Gasteiger partial charge on any atom is 0.270 e. The molecule has 0 bridgehead atoms. The number of nitro benzene ring substituents is 1. The normalized spacial score (nSPS) is 11.7. The molecule has 0 atom stereocenters. The lowest BCUT2D eigenvalue weighted by Crippen LogP contribution is -2.43. The van der Waals surface area contributed by atoms with E-state index in [1.807, 2.05) is 0 Å². The van der Waals surface area contributed by atoms with E-state index in [9.17, 15) is 24.5 Å². The molecule has 0 saturated heterocycles. The van der Waals surface area contributed by atoms with Gasteiger partial charge in [-0.25, -0.2) is 0 Å². The summed E-state index contributed by atoms with van der Waals surface area (Å²) < 4.78 is 16.5. The van der Waals surface area contributed by atoms with E-state index >= 15 is 0 Å². The van der Waals surface area contributed by atoms with Gasteiger partial charge in [0.1, 0.15) is 12.1 Å². The van der Waals surface area contributed by atoms with E-state index in [1.165, 1.54) is 46.4 Å². The summed E-state index contributed by atoms with van der Waals surface area (Å²) in [5.74, 6) is 0.0195. The zero-order valence-electron chi connectivity index (χ0n) is 22.2. The number of carbonyl (C=O) groups is 2. The predicted molar refractivity (Wildman–Crippen MR) is 154 cm³/mol. The van der Waals surface area contributed by atoms with E-state index in [0.29, 0.717) is 27.7 Å². The van der Waals surface area contributed by atoms with Crippen LogP contribution in [0.5, 0.6) is 11.5 Å². The SMILES string of the molecule is C=CCN(CC(=O)N(Cc1ccc2c(c1)OCO2)Cc1coc2ccc(Cl)cc2c1=O)C(=O)c1cccc([N+](=O)[O-])c1. The average molecular weight is 590 g/mol. The van der Waals surface area contributed by atoms with Gasteiger partial charge in [0.25, 0.3) is 11.6 Å². The van der Waals surface area contributed by atoms with Gasteiger partial charge >= 0.3 is 0 Å². The van der Waals surface area contributed by atoms with E-state index in [2.05, 4.69) is 6.58 Å². The summed E-state index contributed by atoms with van der Waals surface area (Å²) in [7, 11) is 0. The molecule has 1 aliphatic heterocycles. The summed E-state index contributed by atoms with van der Waals surface area (Å²) in [6, 6.07) is 15.2. The second kappa shape index (κ2) is 12.1. The average Bonchev–Trinajstić information content (AvgIpc) is 3.46. The second-order valence-corrected chi connectivity index (χ2v) is 9.89. The van der Waals surface area contributed by atoms with Crippen molar-refractivity contribution in [3.63, 3.8) is 0 Å². The van der Waals surface area contributed by atoms with Crippen molar-refractivity contribution in [1.29, 1.82) is 0 Å². The molecule has 5 rings (SSSR count). The number of ether oxygens (including phenoxy) is 2. The summed E-state index contributed by atoms with van der Waals surface area (Å²) in [6.45, 7) is 3.30. The molecule has 4 aromatic rings. The van der Waals surface area contributed by atoms with Crippen molar-refractivity contribution < 1.29 is 28.4 Å². The number of benzene rings is 3. The van der Waals surface area contributed by atoms with Crippen molar-refractivity contribution >= 4 is 40.1 Å². The number of carbonyl (C=O) groups excluding carboxylic acids is 2. The van der Waals surface area contributed by atoms with Gasteiger partial charge in [-0.2, -0.15) is 0 Å². The van der Waals surface area contributed by atoms with Crippen LogP contribution in [0.4, 0.5) is 5.69 Å². The summed E-state index contributed by atoms with van der Waals surface area (Å²) in [5.41, 5.74) is 0.700. The highest BCUT2D eigenvalue weighted by atomic mass is 35.5. The highest BCUT2D eigenvalue weighted by Gasteiger charge is 2.25. The van der Waals surface area contributed by atoms with E-state index in [1.54, 1.807) is 30.3 Å². The largest absolute Gasteiger partial charge is 0.464 e. The minimum atomic E-state index is -0.602. The second-order valence-electron chi connectivity index (χ2n) is 9.45. The van der Waals surface area contributed by atoms with Gasteiger partial charge in [-0.1, -0.05) is 29.8 Å². The standard InChI is InChI=1S/C30H24ClN3O8/c1-2-10-32(30(37)20-4-3-5-23(12-20)34(38)39)16-28(35)33(14-19-6-8-26-27(11-19)42-18-41-26)15-21-17-40-25-9-7-22(31)13-24(25)29(21)36/h2-9,11-13,17H,1,10,14-16,18H2. The Morgan fingerprint density at radius 1 is 1.02 bits per heavy atom. The Bertz CT molecular complexity index is 1770. The van der Waals surface area contributed by atoms with Crippen molar-refractivity contribution in [2.75, 3.05) is 19.9 Å². The number of halogens is 1. The molecule has 0 saturated carbocycles. The minimum absolute atomic E-state index is 0.00173. The Labute approximate surface area is 244 Å². The van der Waals surface area contributed by atoms with Crippen molar-refractivity contribution in [2.24, 2.45) is 0 Å². The van der Waals surface area contributed by atoms with Gasteiger partial charge in [0.15, 0.2) is 16.9 Å².